The Labute approximate surface area is 109 Å². The minimum absolute atomic E-state index is 0.0376. The molecular formula is C13H16F3NO2. The van der Waals surface area contributed by atoms with E-state index in [9.17, 15) is 18.0 Å². The van der Waals surface area contributed by atoms with Crippen LogP contribution < -0.4 is 5.32 Å². The second kappa shape index (κ2) is 5.61. The van der Waals surface area contributed by atoms with Gasteiger partial charge in [0.25, 0.3) is 0 Å². The number of carbonyl (C=O) groups is 1. The quantitative estimate of drug-likeness (QED) is 0.868. The van der Waals surface area contributed by atoms with Crippen LogP contribution >= 0.6 is 0 Å². The lowest BCUT2D eigenvalue weighted by Gasteiger charge is -2.27. The normalized spacial score (nSPS) is 12.5. The van der Waals surface area contributed by atoms with Crippen molar-refractivity contribution < 1.29 is 23.1 Å². The molecule has 3 nitrogen and oxygen atoms in total. The van der Waals surface area contributed by atoms with E-state index in [1.807, 2.05) is 0 Å². The Morgan fingerprint density at radius 3 is 2.05 bits per heavy atom. The molecule has 2 N–H and O–H groups in total. The van der Waals surface area contributed by atoms with E-state index in [2.05, 4.69) is 5.32 Å². The Morgan fingerprint density at radius 1 is 1.16 bits per heavy atom. The Kier molecular flexibility index (Phi) is 4.57. The van der Waals surface area contributed by atoms with Crippen molar-refractivity contribution in [1.29, 1.82) is 0 Å². The van der Waals surface area contributed by atoms with Crippen molar-refractivity contribution in [2.24, 2.45) is 0 Å². The van der Waals surface area contributed by atoms with Crippen LogP contribution in [0.15, 0.2) is 24.3 Å². The van der Waals surface area contributed by atoms with Crippen LogP contribution in [0, 0.1) is 0 Å². The van der Waals surface area contributed by atoms with Crippen molar-refractivity contribution in [1.82, 2.24) is 5.32 Å². The zero-order chi connectivity index (χ0) is 14.7. The molecule has 0 radical (unpaired) electrons. The lowest BCUT2D eigenvalue weighted by molar-refractivity contribution is -0.138. The van der Waals surface area contributed by atoms with Crippen molar-refractivity contribution in [2.75, 3.05) is 6.54 Å². The summed E-state index contributed by atoms with van der Waals surface area (Å²) in [6.45, 7) is 3.83. The van der Waals surface area contributed by atoms with E-state index in [4.69, 9.17) is 5.11 Å². The number of nitrogens with one attached hydrogen (secondary N) is 1. The molecule has 1 aromatic rings. The number of halogens is 3. The third-order valence-electron chi connectivity index (χ3n) is 2.84. The zero-order valence-electron chi connectivity index (χ0n) is 10.7. The van der Waals surface area contributed by atoms with Gasteiger partial charge in [0, 0.05) is 12.1 Å². The molecule has 0 heterocycles. The first kappa shape index (κ1) is 15.5. The summed E-state index contributed by atoms with van der Waals surface area (Å²) in [5, 5.41) is 11.5. The number of aliphatic carboxylic acids is 1. The second-order valence-electron chi connectivity index (χ2n) is 4.77. The minimum Gasteiger partial charge on any atom is -0.481 e. The monoisotopic (exact) mass is 275 g/mol. The van der Waals surface area contributed by atoms with Gasteiger partial charge in [-0.3, -0.25) is 4.79 Å². The van der Waals surface area contributed by atoms with Crippen molar-refractivity contribution in [3.05, 3.63) is 35.4 Å². The van der Waals surface area contributed by atoms with Gasteiger partial charge in [-0.15, -0.1) is 0 Å². The molecule has 0 aliphatic heterocycles. The van der Waals surface area contributed by atoms with Gasteiger partial charge in [-0.1, -0.05) is 12.1 Å². The maximum atomic E-state index is 12.4. The van der Waals surface area contributed by atoms with E-state index < -0.39 is 23.2 Å². The molecule has 0 unspecified atom stereocenters. The van der Waals surface area contributed by atoms with Gasteiger partial charge in [0.15, 0.2) is 0 Å². The standard InChI is InChI=1S/C13H16F3NO2/c1-12(2,17-8-7-11(18)19)9-3-5-10(6-4-9)13(14,15)16/h3-6,17H,7-8H2,1-2H3,(H,18,19). The molecule has 0 atom stereocenters. The summed E-state index contributed by atoms with van der Waals surface area (Å²) in [4.78, 5) is 10.4. The first-order valence-corrected chi connectivity index (χ1v) is 5.77. The van der Waals surface area contributed by atoms with Crippen LogP contribution in [0.25, 0.3) is 0 Å². The number of alkyl halides is 3. The molecule has 0 fully saturated rings. The predicted octanol–water partition coefficient (Wildman–Crippen LogP) is 3.00. The number of benzene rings is 1. The summed E-state index contributed by atoms with van der Waals surface area (Å²) in [5.41, 5.74) is -0.608. The fourth-order valence-electron chi connectivity index (χ4n) is 1.66. The summed E-state index contributed by atoms with van der Waals surface area (Å²) in [7, 11) is 0. The van der Waals surface area contributed by atoms with Crippen LogP contribution in [-0.2, 0) is 16.5 Å². The largest absolute Gasteiger partial charge is 0.481 e. The molecule has 19 heavy (non-hydrogen) atoms. The highest BCUT2D eigenvalue weighted by molar-refractivity contribution is 5.66. The van der Waals surface area contributed by atoms with E-state index in [0.29, 0.717) is 5.56 Å². The van der Waals surface area contributed by atoms with Gasteiger partial charge in [0.2, 0.25) is 0 Å². The minimum atomic E-state index is -4.35. The molecular weight excluding hydrogens is 259 g/mol. The third-order valence-corrected chi connectivity index (χ3v) is 2.84. The molecule has 106 valence electrons. The number of carboxylic acid groups (broad SMARTS) is 1. The van der Waals surface area contributed by atoms with Crippen molar-refractivity contribution in [3.63, 3.8) is 0 Å². The van der Waals surface area contributed by atoms with Crippen LogP contribution in [0.1, 0.15) is 31.4 Å². The summed E-state index contributed by atoms with van der Waals surface area (Å²) >= 11 is 0. The fourth-order valence-corrected chi connectivity index (χ4v) is 1.66. The van der Waals surface area contributed by atoms with E-state index >= 15 is 0 Å². The Bertz CT molecular complexity index is 438. The van der Waals surface area contributed by atoms with Crippen LogP contribution in [0.5, 0.6) is 0 Å². The van der Waals surface area contributed by atoms with Crippen molar-refractivity contribution in [2.45, 2.75) is 32.0 Å². The summed E-state index contributed by atoms with van der Waals surface area (Å²) < 4.78 is 37.3. The van der Waals surface area contributed by atoms with E-state index in [0.717, 1.165) is 12.1 Å². The average Bonchev–Trinajstić information content (AvgIpc) is 2.27. The summed E-state index contributed by atoms with van der Waals surface area (Å²) in [6, 6.07) is 4.85. The van der Waals surface area contributed by atoms with Crippen LogP contribution in [0.3, 0.4) is 0 Å². The topological polar surface area (TPSA) is 49.3 Å². The summed E-state index contributed by atoms with van der Waals surface area (Å²) in [6.07, 6.45) is -4.39. The lowest BCUT2D eigenvalue weighted by atomic mass is 9.93. The molecule has 0 saturated carbocycles. The molecule has 1 aromatic carbocycles. The van der Waals surface area contributed by atoms with Gasteiger partial charge in [-0.25, -0.2) is 0 Å². The summed E-state index contributed by atoms with van der Waals surface area (Å²) in [5.74, 6) is -0.921. The second-order valence-corrected chi connectivity index (χ2v) is 4.77. The Hall–Kier alpha value is -1.56. The van der Waals surface area contributed by atoms with Crippen molar-refractivity contribution >= 4 is 5.97 Å². The Balaban J connectivity index is 2.76. The number of rotatable bonds is 5. The molecule has 0 aliphatic rings. The van der Waals surface area contributed by atoms with Gasteiger partial charge in [-0.05, 0) is 31.5 Å². The Morgan fingerprint density at radius 2 is 1.63 bits per heavy atom. The zero-order valence-corrected chi connectivity index (χ0v) is 10.7. The van der Waals surface area contributed by atoms with Crippen LogP contribution in [-0.4, -0.2) is 17.6 Å². The highest BCUT2D eigenvalue weighted by atomic mass is 19.4. The van der Waals surface area contributed by atoms with Gasteiger partial charge in [0.1, 0.15) is 0 Å². The van der Waals surface area contributed by atoms with Gasteiger partial charge in [-0.2, -0.15) is 13.2 Å². The van der Waals surface area contributed by atoms with E-state index in [1.165, 1.54) is 12.1 Å². The smallest absolute Gasteiger partial charge is 0.416 e. The lowest BCUT2D eigenvalue weighted by Crippen LogP contribution is -2.37. The average molecular weight is 275 g/mol. The van der Waals surface area contributed by atoms with Crippen molar-refractivity contribution in [3.8, 4) is 0 Å². The maximum Gasteiger partial charge on any atom is 0.416 e. The van der Waals surface area contributed by atoms with Crippen LogP contribution in [0.4, 0.5) is 13.2 Å². The van der Waals surface area contributed by atoms with Gasteiger partial charge in [0.05, 0.1) is 12.0 Å². The molecule has 0 bridgehead atoms. The number of hydrogen-bond acceptors (Lipinski definition) is 2. The van der Waals surface area contributed by atoms with Gasteiger partial charge >= 0.3 is 12.1 Å². The van der Waals surface area contributed by atoms with Crippen LogP contribution in [0.2, 0.25) is 0 Å². The highest BCUT2D eigenvalue weighted by Gasteiger charge is 2.30. The number of carboxylic acids is 1. The predicted molar refractivity (Wildman–Crippen MR) is 64.7 cm³/mol. The number of hydrogen-bond donors (Lipinski definition) is 2. The molecule has 0 saturated heterocycles. The molecule has 0 spiro atoms. The van der Waals surface area contributed by atoms with E-state index in [-0.39, 0.29) is 13.0 Å². The first-order chi connectivity index (χ1) is 8.63. The highest BCUT2D eigenvalue weighted by Crippen LogP contribution is 2.30. The molecule has 1 rings (SSSR count). The van der Waals surface area contributed by atoms with Gasteiger partial charge < -0.3 is 10.4 Å². The SMILES string of the molecule is CC(C)(NCCC(=O)O)c1ccc(C(F)(F)F)cc1. The fraction of sp³-hybridized carbons (Fsp3) is 0.462. The molecule has 0 aromatic heterocycles. The van der Waals surface area contributed by atoms with E-state index in [1.54, 1.807) is 13.8 Å². The maximum absolute atomic E-state index is 12.4. The molecule has 0 amide bonds. The third kappa shape index (κ3) is 4.55. The first-order valence-electron chi connectivity index (χ1n) is 5.77. The molecule has 6 heteroatoms. The molecule has 0 aliphatic carbocycles.